The van der Waals surface area contributed by atoms with E-state index in [9.17, 15) is 18.8 Å². The van der Waals surface area contributed by atoms with E-state index in [0.29, 0.717) is 12.3 Å². The zero-order valence-corrected chi connectivity index (χ0v) is 17.4. The Balaban J connectivity index is 1.54. The maximum Gasteiger partial charge on any atom is 0.329 e. The van der Waals surface area contributed by atoms with Crippen LogP contribution in [-0.2, 0) is 22.7 Å². The summed E-state index contributed by atoms with van der Waals surface area (Å²) < 4.78 is 21.6. The first-order valence-electron chi connectivity index (χ1n) is 10.1. The average Bonchev–Trinajstić information content (AvgIpc) is 3.03. The summed E-state index contributed by atoms with van der Waals surface area (Å²) in [6, 6.07) is 12.7. The number of nitrogens with zero attached hydrogens (tertiary/aromatic N) is 2. The summed E-state index contributed by atoms with van der Waals surface area (Å²) in [4.78, 5) is 37.0. The monoisotopic (exact) mass is 428 g/mol. The van der Waals surface area contributed by atoms with Gasteiger partial charge in [-0.3, -0.25) is 29.6 Å². The Hall–Kier alpha value is -3.62. The fourth-order valence-corrected chi connectivity index (χ4v) is 3.21. The molecule has 0 fully saturated rings. The highest BCUT2D eigenvalue weighted by atomic mass is 19.1. The number of rotatable bonds is 8. The Labute approximate surface area is 178 Å². The molecule has 0 aliphatic rings. The van der Waals surface area contributed by atoms with E-state index < -0.39 is 23.7 Å². The van der Waals surface area contributed by atoms with Crippen molar-refractivity contribution in [2.24, 2.45) is 0 Å². The van der Waals surface area contributed by atoms with Crippen LogP contribution < -0.4 is 21.3 Å². The normalized spacial score (nSPS) is 11.8. The second-order valence-electron chi connectivity index (χ2n) is 7.08. The summed E-state index contributed by atoms with van der Waals surface area (Å²) in [6.07, 6.45) is -0.0769. The molecule has 0 bridgehead atoms. The number of halogens is 1. The van der Waals surface area contributed by atoms with Crippen LogP contribution in [0.4, 0.5) is 4.39 Å². The van der Waals surface area contributed by atoms with E-state index in [1.54, 1.807) is 9.13 Å². The standard InChI is InChI=1S/C22H25FN4O4/c1-3-13-26-18-6-4-5-7-19(18)27(22(26)30)14-12-20(28)24-25-21(29)15(2)31-17-10-8-16(23)9-11-17/h4-11,15H,3,12-14H2,1-2H3,(H,24,28)(H,25,29). The van der Waals surface area contributed by atoms with Gasteiger partial charge in [0.15, 0.2) is 6.10 Å². The number of hydrogen-bond acceptors (Lipinski definition) is 4. The number of imidazole rings is 1. The minimum atomic E-state index is -0.902. The van der Waals surface area contributed by atoms with E-state index in [4.69, 9.17) is 4.74 Å². The molecule has 0 radical (unpaired) electrons. The fraction of sp³-hybridized carbons (Fsp3) is 0.318. The van der Waals surface area contributed by atoms with E-state index in [2.05, 4.69) is 10.9 Å². The van der Waals surface area contributed by atoms with Crippen molar-refractivity contribution in [3.05, 3.63) is 64.8 Å². The number of benzene rings is 2. The van der Waals surface area contributed by atoms with Crippen LogP contribution in [0.25, 0.3) is 11.0 Å². The van der Waals surface area contributed by atoms with Crippen LogP contribution in [-0.4, -0.2) is 27.1 Å². The largest absolute Gasteiger partial charge is 0.481 e. The number of amides is 2. The minimum Gasteiger partial charge on any atom is -0.481 e. The van der Waals surface area contributed by atoms with Crippen molar-refractivity contribution in [2.75, 3.05) is 0 Å². The molecule has 3 aromatic rings. The van der Waals surface area contributed by atoms with Crippen LogP contribution in [0.3, 0.4) is 0 Å². The Bertz CT molecular complexity index is 1120. The van der Waals surface area contributed by atoms with Gasteiger partial charge in [-0.1, -0.05) is 19.1 Å². The van der Waals surface area contributed by atoms with Crippen molar-refractivity contribution in [3.63, 3.8) is 0 Å². The second kappa shape index (κ2) is 9.92. The van der Waals surface area contributed by atoms with Crippen LogP contribution in [0.1, 0.15) is 26.7 Å². The third kappa shape index (κ3) is 5.30. The van der Waals surface area contributed by atoms with Gasteiger partial charge in [-0.05, 0) is 49.7 Å². The number of hydrogen-bond donors (Lipinski definition) is 2. The average molecular weight is 428 g/mol. The van der Waals surface area contributed by atoms with Crippen molar-refractivity contribution in [2.45, 2.75) is 45.9 Å². The summed E-state index contributed by atoms with van der Waals surface area (Å²) in [7, 11) is 0. The number of carbonyl (C=O) groups excluding carboxylic acids is 2. The number of para-hydroxylation sites is 2. The summed E-state index contributed by atoms with van der Waals surface area (Å²) >= 11 is 0. The third-order valence-electron chi connectivity index (χ3n) is 4.76. The Morgan fingerprint density at radius 3 is 2.23 bits per heavy atom. The number of nitrogens with one attached hydrogen (secondary N) is 2. The summed E-state index contributed by atoms with van der Waals surface area (Å²) in [6.45, 7) is 4.28. The van der Waals surface area contributed by atoms with Gasteiger partial charge in [0.2, 0.25) is 5.91 Å². The summed E-state index contributed by atoms with van der Waals surface area (Å²) in [5.41, 5.74) is 6.05. The molecular weight excluding hydrogens is 403 g/mol. The predicted octanol–water partition coefficient (Wildman–Crippen LogP) is 2.36. The van der Waals surface area contributed by atoms with Gasteiger partial charge in [0.25, 0.3) is 5.91 Å². The molecule has 2 N–H and O–H groups in total. The zero-order valence-electron chi connectivity index (χ0n) is 17.4. The van der Waals surface area contributed by atoms with Crippen LogP contribution in [0.2, 0.25) is 0 Å². The molecule has 0 saturated carbocycles. The van der Waals surface area contributed by atoms with Crippen molar-refractivity contribution < 1.29 is 18.7 Å². The van der Waals surface area contributed by atoms with Crippen molar-refractivity contribution >= 4 is 22.8 Å². The highest BCUT2D eigenvalue weighted by Crippen LogP contribution is 2.14. The van der Waals surface area contributed by atoms with Gasteiger partial charge in [-0.25, -0.2) is 9.18 Å². The molecule has 164 valence electrons. The summed E-state index contributed by atoms with van der Waals surface area (Å²) in [5.74, 6) is -1.08. The van der Waals surface area contributed by atoms with E-state index in [1.165, 1.54) is 31.2 Å². The number of aromatic nitrogens is 2. The maximum atomic E-state index is 12.9. The third-order valence-corrected chi connectivity index (χ3v) is 4.76. The quantitative estimate of drug-likeness (QED) is 0.539. The zero-order chi connectivity index (χ0) is 22.4. The molecule has 3 rings (SSSR count). The van der Waals surface area contributed by atoms with Gasteiger partial charge in [0, 0.05) is 19.5 Å². The highest BCUT2D eigenvalue weighted by Gasteiger charge is 2.17. The lowest BCUT2D eigenvalue weighted by atomic mass is 10.3. The van der Waals surface area contributed by atoms with E-state index in [1.807, 2.05) is 31.2 Å². The van der Waals surface area contributed by atoms with Crippen molar-refractivity contribution in [1.82, 2.24) is 20.0 Å². The lowest BCUT2D eigenvalue weighted by Gasteiger charge is -2.15. The fourth-order valence-electron chi connectivity index (χ4n) is 3.21. The number of carbonyl (C=O) groups is 2. The van der Waals surface area contributed by atoms with Gasteiger partial charge in [-0.2, -0.15) is 0 Å². The maximum absolute atomic E-state index is 12.9. The lowest BCUT2D eigenvalue weighted by Crippen LogP contribution is -2.47. The molecule has 1 aromatic heterocycles. The first-order valence-corrected chi connectivity index (χ1v) is 10.1. The Kier molecular flexibility index (Phi) is 7.07. The molecule has 1 heterocycles. The summed E-state index contributed by atoms with van der Waals surface area (Å²) in [5, 5.41) is 0. The Morgan fingerprint density at radius 2 is 1.61 bits per heavy atom. The number of aryl methyl sites for hydroxylation is 2. The van der Waals surface area contributed by atoms with Crippen molar-refractivity contribution in [1.29, 1.82) is 0 Å². The first-order chi connectivity index (χ1) is 14.9. The second-order valence-corrected chi connectivity index (χ2v) is 7.08. The predicted molar refractivity (Wildman–Crippen MR) is 114 cm³/mol. The smallest absolute Gasteiger partial charge is 0.329 e. The number of fused-ring (bicyclic) bond motifs is 1. The molecule has 0 aliphatic heterocycles. The molecule has 8 nitrogen and oxygen atoms in total. The van der Waals surface area contributed by atoms with Crippen LogP contribution in [0, 0.1) is 5.82 Å². The van der Waals surface area contributed by atoms with E-state index in [-0.39, 0.29) is 18.7 Å². The molecule has 31 heavy (non-hydrogen) atoms. The van der Waals surface area contributed by atoms with E-state index >= 15 is 0 Å². The highest BCUT2D eigenvalue weighted by molar-refractivity contribution is 5.84. The molecular formula is C22H25FN4O4. The SMILES string of the molecule is CCCn1c(=O)n(CCC(=O)NNC(=O)C(C)Oc2ccc(F)cc2)c2ccccc21. The minimum absolute atomic E-state index is 0.00746. The van der Waals surface area contributed by atoms with Gasteiger partial charge in [-0.15, -0.1) is 0 Å². The van der Waals surface area contributed by atoms with Gasteiger partial charge >= 0.3 is 5.69 Å². The number of hydrazine groups is 1. The van der Waals surface area contributed by atoms with Gasteiger partial charge < -0.3 is 4.74 Å². The van der Waals surface area contributed by atoms with Crippen LogP contribution in [0.5, 0.6) is 5.75 Å². The molecule has 2 amide bonds. The molecule has 0 aliphatic carbocycles. The van der Waals surface area contributed by atoms with E-state index in [0.717, 1.165) is 17.5 Å². The topological polar surface area (TPSA) is 94.4 Å². The molecule has 2 aromatic carbocycles. The first kappa shape index (κ1) is 22.1. The van der Waals surface area contributed by atoms with Crippen LogP contribution >= 0.6 is 0 Å². The molecule has 0 saturated heterocycles. The Morgan fingerprint density at radius 1 is 1.00 bits per heavy atom. The lowest BCUT2D eigenvalue weighted by molar-refractivity contribution is -0.132. The van der Waals surface area contributed by atoms with Gasteiger partial charge in [0.1, 0.15) is 11.6 Å². The molecule has 9 heteroatoms. The van der Waals surface area contributed by atoms with Crippen molar-refractivity contribution in [3.8, 4) is 5.75 Å². The van der Waals surface area contributed by atoms with Gasteiger partial charge in [0.05, 0.1) is 11.0 Å². The van der Waals surface area contributed by atoms with Crippen LogP contribution in [0.15, 0.2) is 53.3 Å². The number of ether oxygens (including phenoxy) is 1. The molecule has 0 spiro atoms. The molecule has 1 unspecified atom stereocenters. The molecule has 1 atom stereocenters.